The summed E-state index contributed by atoms with van der Waals surface area (Å²) in [5, 5.41) is 13.3. The molecule has 1 fully saturated rings. The number of allylic oxidation sites excluding steroid dienone is 1. The van der Waals surface area contributed by atoms with Crippen molar-refractivity contribution in [2.75, 3.05) is 32.9 Å². The number of morpholine rings is 1. The van der Waals surface area contributed by atoms with E-state index in [0.717, 1.165) is 44.0 Å². The van der Waals surface area contributed by atoms with E-state index in [2.05, 4.69) is 39.0 Å². The first-order chi connectivity index (χ1) is 18.1. The summed E-state index contributed by atoms with van der Waals surface area (Å²) in [7, 11) is 0. The maximum absolute atomic E-state index is 12.7. The van der Waals surface area contributed by atoms with Gasteiger partial charge in [-0.25, -0.2) is 4.98 Å². The van der Waals surface area contributed by atoms with Crippen molar-refractivity contribution in [2.45, 2.75) is 19.5 Å². The molecule has 1 aliphatic heterocycles. The average molecular weight is 499 g/mol. The number of nitrogens with zero attached hydrogens (tertiary/aromatic N) is 4. The fourth-order valence-corrected chi connectivity index (χ4v) is 4.06. The van der Waals surface area contributed by atoms with Crippen LogP contribution in [0.3, 0.4) is 0 Å². The molecule has 0 bridgehead atoms. The van der Waals surface area contributed by atoms with Gasteiger partial charge in [-0.05, 0) is 35.4 Å². The highest BCUT2D eigenvalue weighted by atomic mass is 16.5. The van der Waals surface area contributed by atoms with Gasteiger partial charge in [0, 0.05) is 43.1 Å². The van der Waals surface area contributed by atoms with Crippen LogP contribution in [0.15, 0.2) is 67.3 Å². The molecule has 0 radical (unpaired) electrons. The Balaban J connectivity index is 1.29. The highest BCUT2D eigenvalue weighted by molar-refractivity contribution is 5.99. The van der Waals surface area contributed by atoms with Crippen LogP contribution < -0.4 is 0 Å². The van der Waals surface area contributed by atoms with E-state index in [0.29, 0.717) is 5.56 Å². The molecule has 3 aromatic rings. The van der Waals surface area contributed by atoms with Gasteiger partial charge in [-0.3, -0.25) is 19.2 Å². The average Bonchev–Trinajstić information content (AvgIpc) is 3.45. The molecule has 37 heavy (non-hydrogen) atoms. The third-order valence-electron chi connectivity index (χ3n) is 6.19. The third-order valence-corrected chi connectivity index (χ3v) is 6.19. The van der Waals surface area contributed by atoms with E-state index in [1.54, 1.807) is 18.2 Å². The van der Waals surface area contributed by atoms with Gasteiger partial charge in [0.15, 0.2) is 11.6 Å². The molecule has 1 N–H and O–H groups in total. The summed E-state index contributed by atoms with van der Waals surface area (Å²) in [6, 6.07) is 15.5. The largest absolute Gasteiger partial charge is 0.389 e. The Morgan fingerprint density at radius 1 is 1.08 bits per heavy atom. The molecule has 1 aliphatic rings. The molecule has 8 heteroatoms. The molecule has 8 nitrogen and oxygen atoms in total. The van der Waals surface area contributed by atoms with Gasteiger partial charge < -0.3 is 9.84 Å². The molecule has 1 aromatic heterocycles. The van der Waals surface area contributed by atoms with Crippen LogP contribution in [0, 0.1) is 17.8 Å². The summed E-state index contributed by atoms with van der Waals surface area (Å²) in [5.74, 6) is 4.97. The fraction of sp³-hybridized carbons (Fsp3) is 0.310. The molecule has 0 amide bonds. The summed E-state index contributed by atoms with van der Waals surface area (Å²) in [5.41, 5.74) is 3.64. The van der Waals surface area contributed by atoms with Crippen LogP contribution in [0.5, 0.6) is 0 Å². The molecular weight excluding hydrogens is 468 g/mol. The first-order valence-corrected chi connectivity index (χ1v) is 12.3. The lowest BCUT2D eigenvalue weighted by molar-refractivity contribution is -0.126. The lowest BCUT2D eigenvalue weighted by Crippen LogP contribution is -2.35. The summed E-state index contributed by atoms with van der Waals surface area (Å²) >= 11 is 0. The van der Waals surface area contributed by atoms with Crippen molar-refractivity contribution in [3.63, 3.8) is 0 Å². The minimum absolute atomic E-state index is 0.00878. The number of Topliss-reactive ketones (excluding diaryl/α,β-unsaturated/α-hetero) is 2. The normalized spacial score (nSPS) is 14.7. The van der Waals surface area contributed by atoms with Gasteiger partial charge >= 0.3 is 0 Å². The van der Waals surface area contributed by atoms with E-state index in [4.69, 9.17) is 4.74 Å². The molecule has 0 saturated carbocycles. The van der Waals surface area contributed by atoms with Gasteiger partial charge in [-0.2, -0.15) is 5.10 Å². The Kier molecular flexibility index (Phi) is 9.49. The minimum Gasteiger partial charge on any atom is -0.389 e. The second-order valence-electron chi connectivity index (χ2n) is 8.88. The Morgan fingerprint density at radius 3 is 2.51 bits per heavy atom. The topological polar surface area (TPSA) is 97.5 Å². The summed E-state index contributed by atoms with van der Waals surface area (Å²) in [6.45, 7) is 4.04. The van der Waals surface area contributed by atoms with Crippen LogP contribution in [0.4, 0.5) is 0 Å². The van der Waals surface area contributed by atoms with Crippen molar-refractivity contribution >= 4 is 17.6 Å². The van der Waals surface area contributed by atoms with Crippen molar-refractivity contribution in [2.24, 2.45) is 5.92 Å². The smallest absolute Gasteiger partial charge is 0.163 e. The van der Waals surface area contributed by atoms with Gasteiger partial charge in [-0.15, -0.1) is 0 Å². The predicted molar refractivity (Wildman–Crippen MR) is 139 cm³/mol. The molecule has 2 aromatic carbocycles. The molecule has 0 unspecified atom stereocenters. The van der Waals surface area contributed by atoms with Crippen molar-refractivity contribution in [1.29, 1.82) is 0 Å². The Morgan fingerprint density at radius 2 is 1.84 bits per heavy atom. The van der Waals surface area contributed by atoms with Crippen molar-refractivity contribution in [3.8, 4) is 11.8 Å². The molecule has 1 atom stereocenters. The van der Waals surface area contributed by atoms with E-state index in [-0.39, 0.29) is 18.7 Å². The van der Waals surface area contributed by atoms with Crippen LogP contribution in [-0.4, -0.2) is 69.2 Å². The van der Waals surface area contributed by atoms with E-state index >= 15 is 0 Å². The molecule has 1 saturated heterocycles. The second kappa shape index (κ2) is 13.4. The van der Waals surface area contributed by atoms with Crippen LogP contribution in [0.2, 0.25) is 0 Å². The Hall–Kier alpha value is -3.90. The first-order valence-electron chi connectivity index (χ1n) is 12.3. The highest BCUT2D eigenvalue weighted by Gasteiger charge is 2.23. The van der Waals surface area contributed by atoms with Crippen LogP contribution in [0.1, 0.15) is 33.5 Å². The monoisotopic (exact) mass is 498 g/mol. The number of benzene rings is 2. The number of carbonyl (C=O) groups excluding carboxylic acids is 2. The number of hydrogen-bond donors (Lipinski definition) is 1. The van der Waals surface area contributed by atoms with Gasteiger partial charge in [0.1, 0.15) is 19.3 Å². The number of aromatic nitrogens is 3. The maximum Gasteiger partial charge on any atom is 0.163 e. The number of ether oxygens (including phenoxy) is 1. The Bertz CT molecular complexity index is 1250. The third kappa shape index (κ3) is 8.05. The van der Waals surface area contributed by atoms with E-state index in [1.165, 1.54) is 22.9 Å². The quantitative estimate of drug-likeness (QED) is 0.339. The molecule has 4 rings (SSSR count). The molecule has 0 aliphatic carbocycles. The van der Waals surface area contributed by atoms with Crippen LogP contribution >= 0.6 is 0 Å². The molecule has 0 spiro atoms. The van der Waals surface area contributed by atoms with Crippen LogP contribution in [-0.2, 0) is 22.6 Å². The van der Waals surface area contributed by atoms with E-state index in [1.807, 2.05) is 30.3 Å². The standard InChI is InChI=1S/C29H30N4O4/c34-20-29(36)27(19-33-22-30-21-31-33)17-28(35)26-11-9-24(10-12-26)4-2-1-3-23-5-7-25(8-6-23)18-32-13-15-37-16-14-32/h2,4-12,21-22,27,34H,13-20H2/b4-2+/t27-/m0/s1. The van der Waals surface area contributed by atoms with Crippen molar-refractivity contribution in [3.05, 3.63) is 89.5 Å². The van der Waals surface area contributed by atoms with Gasteiger partial charge in [0.2, 0.25) is 0 Å². The number of carbonyl (C=O) groups is 2. The summed E-state index contributed by atoms with van der Waals surface area (Å²) in [4.78, 5) is 31.1. The van der Waals surface area contributed by atoms with Crippen molar-refractivity contribution < 1.29 is 19.4 Å². The zero-order valence-electron chi connectivity index (χ0n) is 20.6. The maximum atomic E-state index is 12.7. The summed E-state index contributed by atoms with van der Waals surface area (Å²) in [6.07, 6.45) is 6.50. The van der Waals surface area contributed by atoms with Gasteiger partial charge in [0.05, 0.1) is 19.8 Å². The predicted octanol–water partition coefficient (Wildman–Crippen LogP) is 2.63. The highest BCUT2D eigenvalue weighted by Crippen LogP contribution is 2.15. The van der Waals surface area contributed by atoms with Crippen molar-refractivity contribution in [1.82, 2.24) is 19.7 Å². The fourth-order valence-electron chi connectivity index (χ4n) is 4.06. The van der Waals surface area contributed by atoms with Gasteiger partial charge in [0.25, 0.3) is 0 Å². The Labute approximate surface area is 216 Å². The zero-order chi connectivity index (χ0) is 25.9. The number of aliphatic hydroxyl groups excluding tert-OH is 1. The number of aliphatic hydroxyl groups is 1. The van der Waals surface area contributed by atoms with Crippen LogP contribution in [0.25, 0.3) is 6.08 Å². The lowest BCUT2D eigenvalue weighted by atomic mass is 9.94. The number of rotatable bonds is 10. The zero-order valence-corrected chi connectivity index (χ0v) is 20.6. The SMILES string of the molecule is O=C(C[C@@H](Cn1cncn1)C(=O)CO)c1ccc(/C=C/C#Cc2ccc(CN3CCOCC3)cc2)cc1. The minimum atomic E-state index is -0.664. The lowest BCUT2D eigenvalue weighted by Gasteiger charge is -2.26. The summed E-state index contributed by atoms with van der Waals surface area (Å²) < 4.78 is 6.88. The number of ketones is 2. The van der Waals surface area contributed by atoms with E-state index < -0.39 is 18.3 Å². The van der Waals surface area contributed by atoms with Gasteiger partial charge in [-0.1, -0.05) is 48.2 Å². The first kappa shape index (κ1) is 26.2. The number of hydrogen-bond acceptors (Lipinski definition) is 7. The molecular formula is C29H30N4O4. The molecule has 2 heterocycles. The van der Waals surface area contributed by atoms with E-state index in [9.17, 15) is 14.7 Å². The molecule has 190 valence electrons. The second-order valence-corrected chi connectivity index (χ2v) is 8.88.